The highest BCUT2D eigenvalue weighted by Gasteiger charge is 2.48. The van der Waals surface area contributed by atoms with E-state index in [4.69, 9.17) is 16.3 Å². The SMILES string of the molecule is OC[C@H]1O[C@@H](c2ncnn2-c2cc(Cl)ccc2C(F)(F)F)[C@H](O)[C@@H](n2cc(-c3cc(F)c(F)c(F)c3)nn2)[C@H]1O. The second-order valence-corrected chi connectivity index (χ2v) is 9.21. The van der Waals surface area contributed by atoms with Crippen LogP contribution < -0.4 is 0 Å². The van der Waals surface area contributed by atoms with E-state index < -0.39 is 71.9 Å². The lowest BCUT2D eigenvalue weighted by atomic mass is 9.92. The maximum atomic E-state index is 13.8. The molecule has 0 amide bonds. The summed E-state index contributed by atoms with van der Waals surface area (Å²) in [6.45, 7) is -0.796. The molecule has 40 heavy (non-hydrogen) atoms. The van der Waals surface area contributed by atoms with E-state index in [2.05, 4.69) is 20.4 Å². The van der Waals surface area contributed by atoms with Gasteiger partial charge in [-0.2, -0.15) is 18.3 Å². The molecule has 0 bridgehead atoms. The number of aliphatic hydroxyl groups is 3. The van der Waals surface area contributed by atoms with Gasteiger partial charge in [-0.3, -0.25) is 0 Å². The van der Waals surface area contributed by atoms with E-state index in [0.29, 0.717) is 12.1 Å². The summed E-state index contributed by atoms with van der Waals surface area (Å²) in [5.41, 5.74) is -2.04. The molecule has 0 unspecified atom stereocenters. The highest BCUT2D eigenvalue weighted by Crippen LogP contribution is 2.40. The van der Waals surface area contributed by atoms with E-state index in [-0.39, 0.29) is 22.1 Å². The van der Waals surface area contributed by atoms with Gasteiger partial charge < -0.3 is 20.1 Å². The largest absolute Gasteiger partial charge is 0.418 e. The second kappa shape index (κ2) is 10.4. The van der Waals surface area contributed by atoms with Crippen molar-refractivity contribution in [2.45, 2.75) is 36.6 Å². The van der Waals surface area contributed by atoms with E-state index in [1.165, 1.54) is 0 Å². The Kier molecular flexibility index (Phi) is 7.30. The van der Waals surface area contributed by atoms with Gasteiger partial charge in [-0.15, -0.1) is 5.10 Å². The lowest BCUT2D eigenvalue weighted by molar-refractivity contribution is -0.210. The lowest BCUT2D eigenvalue weighted by Crippen LogP contribution is -2.53. The van der Waals surface area contributed by atoms with E-state index in [1.54, 1.807) is 0 Å². The van der Waals surface area contributed by atoms with Crippen LogP contribution >= 0.6 is 11.6 Å². The molecule has 212 valence electrons. The van der Waals surface area contributed by atoms with Gasteiger partial charge in [0.05, 0.1) is 24.1 Å². The van der Waals surface area contributed by atoms with Crippen LogP contribution in [0.1, 0.15) is 23.5 Å². The minimum Gasteiger partial charge on any atom is -0.394 e. The number of alkyl halides is 3. The Morgan fingerprint density at radius 2 is 1.73 bits per heavy atom. The molecule has 0 saturated carbocycles. The van der Waals surface area contributed by atoms with Crippen molar-refractivity contribution in [2.75, 3.05) is 6.61 Å². The number of nitrogens with zero attached hydrogens (tertiary/aromatic N) is 6. The molecule has 3 N–H and O–H groups in total. The quantitative estimate of drug-likeness (QED) is 0.239. The molecule has 0 spiro atoms. The highest BCUT2D eigenvalue weighted by atomic mass is 35.5. The summed E-state index contributed by atoms with van der Waals surface area (Å²) >= 11 is 5.94. The molecular weight excluding hydrogens is 574 g/mol. The standard InChI is InChI=1S/C23H17ClF6N6O4/c24-10-1-2-11(23(28,29)30)15(5-10)36-22(31-8-32-36)21-20(39)18(19(38)16(7-37)40-21)35-6-14(33-34-35)9-3-12(25)17(27)13(26)4-9/h1-6,8,16,18-21,37-39H,7H2/t16-,18+,19+,20-,21-/m1/s1. The van der Waals surface area contributed by atoms with E-state index >= 15 is 0 Å². The van der Waals surface area contributed by atoms with E-state index in [0.717, 1.165) is 40.1 Å². The maximum Gasteiger partial charge on any atom is 0.418 e. The van der Waals surface area contributed by atoms with Crippen LogP contribution in [0.15, 0.2) is 42.9 Å². The number of aromatic nitrogens is 6. The fraction of sp³-hybridized carbons (Fsp3) is 0.304. The average Bonchev–Trinajstić information content (AvgIpc) is 3.57. The summed E-state index contributed by atoms with van der Waals surface area (Å²) in [6, 6.07) is 2.62. The van der Waals surface area contributed by atoms with Crippen LogP contribution in [0.2, 0.25) is 5.02 Å². The van der Waals surface area contributed by atoms with Crippen molar-refractivity contribution in [1.82, 2.24) is 29.8 Å². The van der Waals surface area contributed by atoms with Crippen LogP contribution in [0.25, 0.3) is 16.9 Å². The third-order valence-corrected chi connectivity index (χ3v) is 6.54. The van der Waals surface area contributed by atoms with Crippen molar-refractivity contribution in [3.8, 4) is 16.9 Å². The molecule has 1 saturated heterocycles. The predicted octanol–water partition coefficient (Wildman–Crippen LogP) is 3.01. The molecule has 1 fully saturated rings. The van der Waals surface area contributed by atoms with Gasteiger partial charge in [0.25, 0.3) is 0 Å². The van der Waals surface area contributed by atoms with Gasteiger partial charge in [-0.1, -0.05) is 16.8 Å². The Morgan fingerprint density at radius 3 is 2.38 bits per heavy atom. The fourth-order valence-electron chi connectivity index (χ4n) is 4.44. The molecule has 5 atom stereocenters. The van der Waals surface area contributed by atoms with Crippen LogP contribution in [0.5, 0.6) is 0 Å². The molecule has 5 rings (SSSR count). The van der Waals surface area contributed by atoms with Crippen LogP contribution in [-0.4, -0.2) is 70.0 Å². The van der Waals surface area contributed by atoms with Crippen LogP contribution in [0.4, 0.5) is 26.3 Å². The Balaban J connectivity index is 1.55. The molecule has 1 aliphatic heterocycles. The van der Waals surface area contributed by atoms with Crippen molar-refractivity contribution >= 4 is 11.6 Å². The van der Waals surface area contributed by atoms with Crippen molar-refractivity contribution in [3.63, 3.8) is 0 Å². The smallest absolute Gasteiger partial charge is 0.394 e. The van der Waals surface area contributed by atoms with E-state index in [9.17, 15) is 41.7 Å². The predicted molar refractivity (Wildman–Crippen MR) is 122 cm³/mol. The van der Waals surface area contributed by atoms with Gasteiger partial charge in [0.15, 0.2) is 23.3 Å². The zero-order valence-corrected chi connectivity index (χ0v) is 20.5. The summed E-state index contributed by atoms with van der Waals surface area (Å²) < 4.78 is 89.4. The Labute approximate surface area is 225 Å². The van der Waals surface area contributed by atoms with Gasteiger partial charge in [-0.05, 0) is 30.3 Å². The van der Waals surface area contributed by atoms with Crippen molar-refractivity contribution in [1.29, 1.82) is 0 Å². The molecule has 4 aromatic rings. The fourth-order valence-corrected chi connectivity index (χ4v) is 4.60. The van der Waals surface area contributed by atoms with Gasteiger partial charge in [-0.25, -0.2) is 27.5 Å². The molecule has 2 aromatic carbocycles. The van der Waals surface area contributed by atoms with Crippen LogP contribution in [0.3, 0.4) is 0 Å². The molecule has 17 heteroatoms. The first-order valence-electron chi connectivity index (χ1n) is 11.4. The summed E-state index contributed by atoms with van der Waals surface area (Å²) in [4.78, 5) is 3.95. The number of hydrogen-bond acceptors (Lipinski definition) is 8. The summed E-state index contributed by atoms with van der Waals surface area (Å²) in [6.07, 6.45) is -9.25. The zero-order chi connectivity index (χ0) is 28.9. The third-order valence-electron chi connectivity index (χ3n) is 6.31. The first kappa shape index (κ1) is 28.0. The molecule has 3 heterocycles. The van der Waals surface area contributed by atoms with Crippen molar-refractivity contribution < 1.29 is 46.4 Å². The maximum absolute atomic E-state index is 13.8. The molecular formula is C23H17ClF6N6O4. The minimum absolute atomic E-state index is 0.0556. The topological polar surface area (TPSA) is 131 Å². The summed E-state index contributed by atoms with van der Waals surface area (Å²) in [7, 11) is 0. The van der Waals surface area contributed by atoms with Gasteiger partial charge in [0.1, 0.15) is 42.5 Å². The van der Waals surface area contributed by atoms with Crippen LogP contribution in [-0.2, 0) is 10.9 Å². The Bertz CT molecular complexity index is 1530. The van der Waals surface area contributed by atoms with E-state index in [1.807, 2.05) is 0 Å². The summed E-state index contributed by atoms with van der Waals surface area (Å²) in [5, 5.41) is 43.2. The normalized spacial score (nSPS) is 23.5. The molecule has 0 aliphatic carbocycles. The Morgan fingerprint density at radius 1 is 1.02 bits per heavy atom. The first-order chi connectivity index (χ1) is 18.9. The number of halogens is 7. The second-order valence-electron chi connectivity index (χ2n) is 8.78. The molecule has 1 aliphatic rings. The molecule has 2 aromatic heterocycles. The first-order valence-corrected chi connectivity index (χ1v) is 11.7. The van der Waals surface area contributed by atoms with Crippen molar-refractivity contribution in [2.24, 2.45) is 0 Å². The van der Waals surface area contributed by atoms with Gasteiger partial charge >= 0.3 is 6.18 Å². The minimum atomic E-state index is -4.82. The third kappa shape index (κ3) is 4.92. The molecule has 10 nitrogen and oxygen atoms in total. The zero-order valence-electron chi connectivity index (χ0n) is 19.7. The number of rotatable bonds is 5. The van der Waals surface area contributed by atoms with Gasteiger partial charge in [0.2, 0.25) is 0 Å². The van der Waals surface area contributed by atoms with Crippen molar-refractivity contribution in [3.05, 3.63) is 76.7 Å². The Hall–Kier alpha value is -3.57. The number of aliphatic hydroxyl groups excluding tert-OH is 3. The summed E-state index contributed by atoms with van der Waals surface area (Å²) in [5.74, 6) is -5.01. The number of hydrogen-bond donors (Lipinski definition) is 3. The average molecular weight is 591 g/mol. The van der Waals surface area contributed by atoms with Gasteiger partial charge in [0, 0.05) is 10.6 Å². The van der Waals surface area contributed by atoms with Crippen LogP contribution in [0, 0.1) is 17.5 Å². The number of benzene rings is 2. The monoisotopic (exact) mass is 590 g/mol. The lowest BCUT2D eigenvalue weighted by Gasteiger charge is -2.41. The highest BCUT2D eigenvalue weighted by molar-refractivity contribution is 6.30. The molecule has 0 radical (unpaired) electrons. The number of ether oxygens (including phenoxy) is 1.